The van der Waals surface area contributed by atoms with Crippen LogP contribution in [0, 0.1) is 10.1 Å². The first-order valence-electron chi connectivity index (χ1n) is 5.71. The van der Waals surface area contributed by atoms with Gasteiger partial charge in [-0.25, -0.2) is 0 Å². The number of carbonyl (C=O) groups excluding carboxylic acids is 2. The summed E-state index contributed by atoms with van der Waals surface area (Å²) in [5, 5.41) is 10.5. The summed E-state index contributed by atoms with van der Waals surface area (Å²) in [6.07, 6.45) is 0. The molecule has 0 spiro atoms. The van der Waals surface area contributed by atoms with Gasteiger partial charge in [-0.05, 0) is 13.0 Å². The second-order valence-corrected chi connectivity index (χ2v) is 4.17. The molecule has 0 aromatic heterocycles. The number of halogens is 1. The molecule has 0 bridgehead atoms. The lowest BCUT2D eigenvalue weighted by molar-refractivity contribution is -0.384. The summed E-state index contributed by atoms with van der Waals surface area (Å²) in [6.45, 7) is 1.67. The van der Waals surface area contributed by atoms with Crippen LogP contribution in [0.4, 0.5) is 5.69 Å². The Labute approximate surface area is 120 Å². The van der Waals surface area contributed by atoms with Gasteiger partial charge < -0.3 is 9.64 Å². The van der Waals surface area contributed by atoms with Crippen LogP contribution in [0.2, 0.25) is 5.02 Å². The molecule has 0 aliphatic rings. The van der Waals surface area contributed by atoms with Crippen LogP contribution in [0.5, 0.6) is 0 Å². The van der Waals surface area contributed by atoms with E-state index in [0.29, 0.717) is 0 Å². The van der Waals surface area contributed by atoms with Gasteiger partial charge in [0.25, 0.3) is 11.6 Å². The highest BCUT2D eigenvalue weighted by molar-refractivity contribution is 6.35. The average molecular weight is 301 g/mol. The number of esters is 1. The lowest BCUT2D eigenvalue weighted by Crippen LogP contribution is -2.36. The first kappa shape index (κ1) is 15.9. The van der Waals surface area contributed by atoms with Crippen molar-refractivity contribution in [3.05, 3.63) is 38.9 Å². The first-order valence-corrected chi connectivity index (χ1v) is 6.09. The summed E-state index contributed by atoms with van der Waals surface area (Å²) in [4.78, 5) is 34.8. The van der Waals surface area contributed by atoms with E-state index in [4.69, 9.17) is 11.6 Å². The summed E-state index contributed by atoms with van der Waals surface area (Å²) >= 11 is 5.86. The van der Waals surface area contributed by atoms with Crippen molar-refractivity contribution in [2.24, 2.45) is 0 Å². The fourth-order valence-corrected chi connectivity index (χ4v) is 1.82. The SMILES string of the molecule is CCN(CC(=O)OC)C(=O)c1cccc([N+](=O)[O-])c1Cl. The summed E-state index contributed by atoms with van der Waals surface area (Å²) in [5.74, 6) is -1.15. The van der Waals surface area contributed by atoms with Crippen LogP contribution in [-0.2, 0) is 9.53 Å². The zero-order valence-corrected chi connectivity index (χ0v) is 11.7. The molecule has 1 aromatic rings. The summed E-state index contributed by atoms with van der Waals surface area (Å²) in [6, 6.07) is 3.94. The lowest BCUT2D eigenvalue weighted by atomic mass is 10.1. The minimum atomic E-state index is -0.671. The van der Waals surface area contributed by atoms with Gasteiger partial charge in [0, 0.05) is 12.6 Å². The molecule has 8 heteroatoms. The topological polar surface area (TPSA) is 89.8 Å². The molecular formula is C12H13ClN2O5. The van der Waals surface area contributed by atoms with Crippen molar-refractivity contribution in [2.45, 2.75) is 6.92 Å². The van der Waals surface area contributed by atoms with Gasteiger partial charge >= 0.3 is 5.97 Å². The molecule has 1 amide bonds. The van der Waals surface area contributed by atoms with Gasteiger partial charge in [-0.15, -0.1) is 0 Å². The smallest absolute Gasteiger partial charge is 0.325 e. The van der Waals surface area contributed by atoms with Crippen molar-refractivity contribution in [1.29, 1.82) is 0 Å². The predicted molar refractivity (Wildman–Crippen MR) is 71.7 cm³/mol. The molecule has 108 valence electrons. The van der Waals surface area contributed by atoms with E-state index in [9.17, 15) is 19.7 Å². The minimum absolute atomic E-state index is 0.0216. The molecule has 0 fully saturated rings. The summed E-state index contributed by atoms with van der Waals surface area (Å²) in [5.41, 5.74) is -0.377. The number of nitro groups is 1. The molecule has 7 nitrogen and oxygen atoms in total. The maximum atomic E-state index is 12.2. The van der Waals surface area contributed by atoms with E-state index in [2.05, 4.69) is 4.74 Å². The van der Waals surface area contributed by atoms with Gasteiger partial charge in [0.15, 0.2) is 0 Å². The maximum absolute atomic E-state index is 12.2. The lowest BCUT2D eigenvalue weighted by Gasteiger charge is -2.19. The van der Waals surface area contributed by atoms with Crippen LogP contribution >= 0.6 is 11.6 Å². The van der Waals surface area contributed by atoms with Gasteiger partial charge in [-0.1, -0.05) is 17.7 Å². The van der Waals surface area contributed by atoms with Crippen LogP contribution in [0.25, 0.3) is 0 Å². The van der Waals surface area contributed by atoms with E-state index in [1.165, 1.54) is 30.2 Å². The number of ether oxygens (including phenoxy) is 1. The normalized spacial score (nSPS) is 9.95. The fourth-order valence-electron chi connectivity index (χ4n) is 1.54. The van der Waals surface area contributed by atoms with Crippen molar-refractivity contribution >= 4 is 29.2 Å². The number of likely N-dealkylation sites (N-methyl/N-ethyl adjacent to an activating group) is 1. The third-order valence-electron chi connectivity index (χ3n) is 2.62. The highest BCUT2D eigenvalue weighted by atomic mass is 35.5. The van der Waals surface area contributed by atoms with E-state index in [-0.39, 0.29) is 29.4 Å². The van der Waals surface area contributed by atoms with Gasteiger partial charge in [0.1, 0.15) is 11.6 Å². The van der Waals surface area contributed by atoms with E-state index < -0.39 is 16.8 Å². The van der Waals surface area contributed by atoms with Gasteiger partial charge in [0.05, 0.1) is 17.6 Å². The Balaban J connectivity index is 3.10. The van der Waals surface area contributed by atoms with Crippen molar-refractivity contribution in [3.63, 3.8) is 0 Å². The van der Waals surface area contributed by atoms with Crippen molar-refractivity contribution in [3.8, 4) is 0 Å². The molecule has 0 radical (unpaired) electrons. The molecule has 0 saturated heterocycles. The Hall–Kier alpha value is -2.15. The molecule has 0 aliphatic heterocycles. The fraction of sp³-hybridized carbons (Fsp3) is 0.333. The molecule has 0 saturated carbocycles. The third-order valence-corrected chi connectivity index (χ3v) is 3.02. The third kappa shape index (κ3) is 3.45. The number of benzene rings is 1. The van der Waals surface area contributed by atoms with Crippen LogP contribution < -0.4 is 0 Å². The predicted octanol–water partition coefficient (Wildman–Crippen LogP) is 1.88. The molecular weight excluding hydrogens is 288 g/mol. The number of carbonyl (C=O) groups is 2. The van der Waals surface area contributed by atoms with E-state index in [1.54, 1.807) is 6.92 Å². The zero-order valence-electron chi connectivity index (χ0n) is 11.0. The number of methoxy groups -OCH3 is 1. The van der Waals surface area contributed by atoms with Gasteiger partial charge in [-0.3, -0.25) is 19.7 Å². The number of nitrogens with zero attached hydrogens (tertiary/aromatic N) is 2. The van der Waals surface area contributed by atoms with Crippen LogP contribution in [0.3, 0.4) is 0 Å². The number of hydrogen-bond acceptors (Lipinski definition) is 5. The van der Waals surface area contributed by atoms with Crippen LogP contribution in [0.1, 0.15) is 17.3 Å². The molecule has 0 heterocycles. The van der Waals surface area contributed by atoms with Crippen molar-refractivity contribution < 1.29 is 19.2 Å². The Morgan fingerprint density at radius 3 is 2.60 bits per heavy atom. The van der Waals surface area contributed by atoms with Gasteiger partial charge in [0.2, 0.25) is 0 Å². The molecule has 20 heavy (non-hydrogen) atoms. The Morgan fingerprint density at radius 1 is 1.45 bits per heavy atom. The average Bonchev–Trinajstić information content (AvgIpc) is 2.43. The Bertz CT molecular complexity index is 547. The summed E-state index contributed by atoms with van der Waals surface area (Å²) < 4.78 is 4.49. The number of nitro benzene ring substituents is 1. The van der Waals surface area contributed by atoms with Crippen molar-refractivity contribution in [1.82, 2.24) is 4.90 Å². The summed E-state index contributed by atoms with van der Waals surface area (Å²) in [7, 11) is 1.21. The van der Waals surface area contributed by atoms with Crippen LogP contribution in [-0.4, -0.2) is 41.9 Å². The molecule has 0 aliphatic carbocycles. The molecule has 0 N–H and O–H groups in total. The quantitative estimate of drug-likeness (QED) is 0.470. The van der Waals surface area contributed by atoms with E-state index in [1.807, 2.05) is 0 Å². The van der Waals surface area contributed by atoms with Crippen molar-refractivity contribution in [2.75, 3.05) is 20.2 Å². The largest absolute Gasteiger partial charge is 0.468 e. The molecule has 1 aromatic carbocycles. The zero-order chi connectivity index (χ0) is 15.3. The minimum Gasteiger partial charge on any atom is -0.468 e. The maximum Gasteiger partial charge on any atom is 0.325 e. The molecule has 0 unspecified atom stereocenters. The van der Waals surface area contributed by atoms with Crippen LogP contribution in [0.15, 0.2) is 18.2 Å². The highest BCUT2D eigenvalue weighted by Gasteiger charge is 2.24. The van der Waals surface area contributed by atoms with E-state index in [0.717, 1.165) is 0 Å². The Kier molecular flexibility index (Phi) is 5.45. The Morgan fingerprint density at radius 2 is 2.10 bits per heavy atom. The number of rotatable bonds is 5. The molecule has 1 rings (SSSR count). The first-order chi connectivity index (χ1) is 9.42. The highest BCUT2D eigenvalue weighted by Crippen LogP contribution is 2.28. The second kappa shape index (κ2) is 6.85. The second-order valence-electron chi connectivity index (χ2n) is 3.79. The van der Waals surface area contributed by atoms with Gasteiger partial charge in [-0.2, -0.15) is 0 Å². The number of hydrogen-bond donors (Lipinski definition) is 0. The molecule has 0 atom stereocenters. The number of amides is 1. The standard InChI is InChI=1S/C12H13ClN2O5/c1-3-14(7-10(16)20-2)12(17)8-5-4-6-9(11(8)13)15(18)19/h4-6H,3,7H2,1-2H3. The monoisotopic (exact) mass is 300 g/mol. The van der Waals surface area contributed by atoms with E-state index >= 15 is 0 Å².